The van der Waals surface area contributed by atoms with Gasteiger partial charge in [0.2, 0.25) is 10.0 Å². The molecule has 1 amide bonds. The fraction of sp³-hybridized carbons (Fsp3) is 0.600. The predicted molar refractivity (Wildman–Crippen MR) is 103 cm³/mol. The van der Waals surface area contributed by atoms with Gasteiger partial charge in [0.15, 0.2) is 0 Å². The van der Waals surface area contributed by atoms with Crippen LogP contribution in [0.3, 0.4) is 0 Å². The highest BCUT2D eigenvalue weighted by Gasteiger charge is 2.50. The molecule has 0 unspecified atom stereocenters. The van der Waals surface area contributed by atoms with E-state index in [2.05, 4.69) is 16.1 Å². The van der Waals surface area contributed by atoms with Crippen LogP contribution in [0.15, 0.2) is 18.2 Å². The molecule has 4 saturated carbocycles. The second kappa shape index (κ2) is 6.87. The van der Waals surface area contributed by atoms with Gasteiger partial charge in [-0.05, 0) is 69.6 Å². The van der Waals surface area contributed by atoms with Crippen LogP contribution in [0.1, 0.15) is 67.3 Å². The van der Waals surface area contributed by atoms with E-state index in [4.69, 9.17) is 0 Å². The number of amides is 1. The quantitative estimate of drug-likeness (QED) is 0.723. The second-order valence-corrected chi connectivity index (χ2v) is 10.7. The molecule has 6 nitrogen and oxygen atoms in total. The largest absolute Gasteiger partial charge is 0.416 e. The van der Waals surface area contributed by atoms with Crippen LogP contribution in [0.25, 0.3) is 0 Å². The first-order valence-electron chi connectivity index (χ1n) is 9.94. The zero-order valence-electron chi connectivity index (χ0n) is 16.2. The average molecular weight is 441 g/mol. The Bertz CT molecular complexity index is 1000. The monoisotopic (exact) mass is 441 g/mol. The van der Waals surface area contributed by atoms with Crippen LogP contribution in [-0.4, -0.2) is 25.1 Å². The summed E-state index contributed by atoms with van der Waals surface area (Å²) in [6.07, 6.45) is -0.0579. The number of hydrogen-bond acceptors (Lipinski definition) is 4. The second-order valence-electron chi connectivity index (χ2n) is 8.73. The molecule has 162 valence electrons. The van der Waals surface area contributed by atoms with Crippen LogP contribution in [0.2, 0.25) is 0 Å². The Labute approximate surface area is 172 Å². The first kappa shape index (κ1) is 21.0. The molecule has 4 aliphatic rings. The summed E-state index contributed by atoms with van der Waals surface area (Å²) in [5.41, 5.74) is -2.45. The van der Waals surface area contributed by atoms with Crippen molar-refractivity contribution in [1.82, 2.24) is 5.32 Å². The third-order valence-electron chi connectivity index (χ3n) is 6.67. The van der Waals surface area contributed by atoms with Gasteiger partial charge in [-0.25, -0.2) is 8.42 Å². The molecule has 1 aromatic carbocycles. The molecule has 0 spiro atoms. The van der Waals surface area contributed by atoms with E-state index in [1.807, 2.05) is 0 Å². The number of carbonyl (C=O) groups excluding carboxylic acids is 1. The van der Waals surface area contributed by atoms with Gasteiger partial charge >= 0.3 is 6.18 Å². The van der Waals surface area contributed by atoms with Gasteiger partial charge in [0, 0.05) is 5.54 Å². The number of carbonyl (C=O) groups is 1. The lowest BCUT2D eigenvalue weighted by atomic mass is 9.58. The molecule has 0 atom stereocenters. The molecule has 10 heteroatoms. The lowest BCUT2D eigenvalue weighted by molar-refractivity contribution is -0.137. The van der Waals surface area contributed by atoms with Gasteiger partial charge in [-0.2, -0.15) is 18.4 Å². The highest BCUT2D eigenvalue weighted by atomic mass is 32.2. The molecule has 5 rings (SSSR count). The summed E-state index contributed by atoms with van der Waals surface area (Å²) < 4.78 is 66.6. The topological polar surface area (TPSA) is 99.1 Å². The highest BCUT2D eigenvalue weighted by Crippen LogP contribution is 2.52. The van der Waals surface area contributed by atoms with Gasteiger partial charge in [-0.3, -0.25) is 9.52 Å². The van der Waals surface area contributed by atoms with Crippen molar-refractivity contribution in [2.75, 3.05) is 4.72 Å². The summed E-state index contributed by atoms with van der Waals surface area (Å²) in [5, 5.41) is 11.7. The van der Waals surface area contributed by atoms with Crippen molar-refractivity contribution in [1.29, 1.82) is 5.26 Å². The molecule has 2 N–H and O–H groups in total. The minimum absolute atomic E-state index is 0.151. The summed E-state index contributed by atoms with van der Waals surface area (Å²) in [4.78, 5) is 13.0. The van der Waals surface area contributed by atoms with Crippen molar-refractivity contribution in [3.8, 4) is 6.07 Å². The molecule has 30 heavy (non-hydrogen) atoms. The minimum atomic E-state index is -4.66. The fourth-order valence-corrected chi connectivity index (χ4v) is 5.87. The highest BCUT2D eigenvalue weighted by molar-refractivity contribution is 7.93. The van der Waals surface area contributed by atoms with Crippen LogP contribution in [0.5, 0.6) is 0 Å². The maximum absolute atomic E-state index is 13.2. The Balaban J connectivity index is 1.62. The van der Waals surface area contributed by atoms with Crippen molar-refractivity contribution in [3.05, 3.63) is 29.3 Å². The smallest absolute Gasteiger partial charge is 0.347 e. The zero-order chi connectivity index (χ0) is 21.8. The average Bonchev–Trinajstić information content (AvgIpc) is 3.54. The normalized spacial score (nSPS) is 28.6. The Morgan fingerprint density at radius 2 is 1.70 bits per heavy atom. The standard InChI is InChI=1S/C20H22F3N3O3S/c21-20(22,23)13-1-4-16(26-30(28,29)14-2-3-14)15(11-13)17(27)25-19-8-5-18(12-24,6-9-19)7-10-19/h1,4,11,14,26H,2-3,5-10H2,(H,25,27). The first-order chi connectivity index (χ1) is 14.0. The maximum atomic E-state index is 13.2. The Kier molecular flexibility index (Phi) is 4.80. The van der Waals surface area contributed by atoms with E-state index in [1.165, 1.54) is 0 Å². The van der Waals surface area contributed by atoms with E-state index >= 15 is 0 Å². The molecule has 0 saturated heterocycles. The molecule has 0 aliphatic heterocycles. The number of alkyl halides is 3. The third kappa shape index (κ3) is 3.87. The van der Waals surface area contributed by atoms with Gasteiger partial charge < -0.3 is 5.32 Å². The molecule has 1 aromatic rings. The number of benzene rings is 1. The molecule has 4 fully saturated rings. The molecular formula is C20H22F3N3O3S. The summed E-state index contributed by atoms with van der Waals surface area (Å²) in [5.74, 6) is -0.735. The van der Waals surface area contributed by atoms with Crippen LogP contribution in [0, 0.1) is 16.7 Å². The Morgan fingerprint density at radius 3 is 2.20 bits per heavy atom. The predicted octanol–water partition coefficient (Wildman–Crippen LogP) is 3.96. The molecule has 2 bridgehead atoms. The van der Waals surface area contributed by atoms with Gasteiger partial charge in [-0.1, -0.05) is 0 Å². The summed E-state index contributed by atoms with van der Waals surface area (Å²) >= 11 is 0. The molecular weight excluding hydrogens is 419 g/mol. The van der Waals surface area contributed by atoms with Gasteiger partial charge in [0.1, 0.15) is 0 Å². The first-order valence-corrected chi connectivity index (χ1v) is 11.5. The van der Waals surface area contributed by atoms with Gasteiger partial charge in [0.05, 0.1) is 33.5 Å². The number of anilines is 1. The van der Waals surface area contributed by atoms with Crippen LogP contribution in [-0.2, 0) is 16.2 Å². The summed E-state index contributed by atoms with van der Waals surface area (Å²) in [6.45, 7) is 0. The van der Waals surface area contributed by atoms with E-state index in [1.54, 1.807) is 0 Å². The van der Waals surface area contributed by atoms with Crippen LogP contribution in [0.4, 0.5) is 18.9 Å². The lowest BCUT2D eigenvalue weighted by Gasteiger charge is -2.50. The maximum Gasteiger partial charge on any atom is 0.416 e. The number of nitrogens with one attached hydrogen (secondary N) is 2. The summed E-state index contributed by atoms with van der Waals surface area (Å²) in [7, 11) is -3.75. The lowest BCUT2D eigenvalue weighted by Crippen LogP contribution is -2.56. The van der Waals surface area contributed by atoms with Crippen molar-refractivity contribution < 1.29 is 26.4 Å². The van der Waals surface area contributed by atoms with Crippen molar-refractivity contribution in [3.63, 3.8) is 0 Å². The number of nitrogens with zero attached hydrogens (tertiary/aromatic N) is 1. The van der Waals surface area contributed by atoms with Crippen LogP contribution < -0.4 is 10.0 Å². The number of fused-ring (bicyclic) bond motifs is 3. The third-order valence-corrected chi connectivity index (χ3v) is 8.52. The van der Waals surface area contributed by atoms with E-state index in [-0.39, 0.29) is 16.7 Å². The van der Waals surface area contributed by atoms with E-state index in [9.17, 15) is 31.6 Å². The van der Waals surface area contributed by atoms with Crippen molar-refractivity contribution in [2.45, 2.75) is 68.3 Å². The van der Waals surface area contributed by atoms with E-state index in [0.29, 0.717) is 57.4 Å². The van der Waals surface area contributed by atoms with Gasteiger partial charge in [-0.15, -0.1) is 0 Å². The Hall–Kier alpha value is -2.28. The molecule has 0 aromatic heterocycles. The number of nitriles is 1. The SMILES string of the molecule is N#CC12CCC(NC(=O)c3cc(C(F)(F)F)ccc3NS(=O)(=O)C3CC3)(CC1)CC2. The van der Waals surface area contributed by atoms with E-state index in [0.717, 1.165) is 12.1 Å². The Morgan fingerprint density at radius 1 is 1.10 bits per heavy atom. The number of halogens is 3. The van der Waals surface area contributed by atoms with Gasteiger partial charge in [0.25, 0.3) is 5.91 Å². The van der Waals surface area contributed by atoms with Crippen molar-refractivity contribution in [2.24, 2.45) is 5.41 Å². The minimum Gasteiger partial charge on any atom is -0.347 e. The number of hydrogen-bond donors (Lipinski definition) is 2. The van der Waals surface area contributed by atoms with Crippen LogP contribution >= 0.6 is 0 Å². The fourth-order valence-electron chi connectivity index (χ4n) is 4.46. The summed E-state index contributed by atoms with van der Waals surface area (Å²) in [6, 6.07) is 4.83. The molecule has 0 heterocycles. The zero-order valence-corrected chi connectivity index (χ0v) is 17.0. The molecule has 4 aliphatic carbocycles. The number of sulfonamides is 1. The van der Waals surface area contributed by atoms with E-state index < -0.39 is 38.5 Å². The number of rotatable bonds is 5. The van der Waals surface area contributed by atoms with Crippen molar-refractivity contribution >= 4 is 21.6 Å². The molecule has 0 radical (unpaired) electrons.